The van der Waals surface area contributed by atoms with Gasteiger partial charge in [-0.1, -0.05) is 18.9 Å². The lowest BCUT2D eigenvalue weighted by molar-refractivity contribution is -0.119. The molecule has 160 valence electrons. The van der Waals surface area contributed by atoms with Crippen molar-refractivity contribution in [3.05, 3.63) is 47.7 Å². The number of methoxy groups -OCH3 is 1. The maximum atomic E-state index is 12.5. The molecule has 8 nitrogen and oxygen atoms in total. The third-order valence-electron chi connectivity index (χ3n) is 4.99. The van der Waals surface area contributed by atoms with Crippen LogP contribution in [0.2, 0.25) is 0 Å². The molecule has 1 aliphatic heterocycles. The second kappa shape index (κ2) is 10.5. The molecule has 3 N–H and O–H groups in total. The van der Waals surface area contributed by atoms with Crippen LogP contribution in [0.25, 0.3) is 0 Å². The van der Waals surface area contributed by atoms with Gasteiger partial charge in [0, 0.05) is 31.4 Å². The first-order chi connectivity index (χ1) is 14.6. The van der Waals surface area contributed by atoms with E-state index in [4.69, 9.17) is 15.2 Å². The van der Waals surface area contributed by atoms with Gasteiger partial charge >= 0.3 is 0 Å². The molecule has 0 bridgehead atoms. The number of primary amides is 1. The summed E-state index contributed by atoms with van der Waals surface area (Å²) >= 11 is 0. The Kier molecular flexibility index (Phi) is 7.48. The van der Waals surface area contributed by atoms with Crippen LogP contribution in [0, 0.1) is 0 Å². The van der Waals surface area contributed by atoms with E-state index in [0.29, 0.717) is 23.6 Å². The number of ether oxygens (including phenoxy) is 2. The van der Waals surface area contributed by atoms with Gasteiger partial charge in [-0.15, -0.1) is 0 Å². The van der Waals surface area contributed by atoms with Gasteiger partial charge in [0.1, 0.15) is 5.82 Å². The quantitative estimate of drug-likeness (QED) is 0.689. The fourth-order valence-electron chi connectivity index (χ4n) is 3.37. The highest BCUT2D eigenvalue weighted by Gasteiger charge is 2.13. The van der Waals surface area contributed by atoms with Crippen LogP contribution in [-0.4, -0.2) is 43.6 Å². The van der Waals surface area contributed by atoms with E-state index in [-0.39, 0.29) is 12.5 Å². The van der Waals surface area contributed by atoms with Gasteiger partial charge < -0.3 is 25.4 Å². The van der Waals surface area contributed by atoms with Crippen molar-refractivity contribution in [1.29, 1.82) is 0 Å². The highest BCUT2D eigenvalue weighted by Crippen LogP contribution is 2.28. The summed E-state index contributed by atoms with van der Waals surface area (Å²) in [5, 5.41) is 2.88. The molecule has 0 saturated carbocycles. The summed E-state index contributed by atoms with van der Waals surface area (Å²) < 4.78 is 10.5. The van der Waals surface area contributed by atoms with E-state index in [2.05, 4.69) is 15.2 Å². The molecule has 1 aromatic heterocycles. The molecular weight excluding hydrogens is 384 g/mol. The lowest BCUT2D eigenvalue weighted by atomic mass is 10.2. The largest absolute Gasteiger partial charge is 0.493 e. The SMILES string of the molecule is COc1cc(C(=O)NCc2ccc(N3CCCCCC3)nc2)ccc1OCC(N)=O. The van der Waals surface area contributed by atoms with Gasteiger partial charge in [-0.2, -0.15) is 0 Å². The number of amides is 2. The molecular formula is C22H28N4O4. The van der Waals surface area contributed by atoms with Gasteiger partial charge in [0.2, 0.25) is 0 Å². The number of hydrogen-bond acceptors (Lipinski definition) is 6. The predicted octanol–water partition coefficient (Wildman–Crippen LogP) is 2.26. The minimum atomic E-state index is -0.589. The van der Waals surface area contributed by atoms with Gasteiger partial charge in [0.25, 0.3) is 11.8 Å². The normalized spacial score (nSPS) is 14.0. The molecule has 0 radical (unpaired) electrons. The summed E-state index contributed by atoms with van der Waals surface area (Å²) in [4.78, 5) is 30.3. The van der Waals surface area contributed by atoms with E-state index in [0.717, 1.165) is 24.5 Å². The van der Waals surface area contributed by atoms with Crippen molar-refractivity contribution in [2.75, 3.05) is 31.7 Å². The highest BCUT2D eigenvalue weighted by atomic mass is 16.5. The number of hydrogen-bond donors (Lipinski definition) is 2. The topological polar surface area (TPSA) is 107 Å². The standard InChI is InChI=1S/C22H28N4O4/c1-29-19-12-17(7-8-18(19)30-15-20(23)27)22(28)25-14-16-6-9-21(24-13-16)26-10-4-2-3-5-11-26/h6-9,12-13H,2-5,10-11,14-15H2,1H3,(H2,23,27)(H,25,28). The molecule has 0 unspecified atom stereocenters. The first kappa shape index (κ1) is 21.4. The molecule has 2 amide bonds. The van der Waals surface area contributed by atoms with Crippen LogP contribution in [0.15, 0.2) is 36.5 Å². The summed E-state index contributed by atoms with van der Waals surface area (Å²) in [6, 6.07) is 8.75. The van der Waals surface area contributed by atoms with Crippen LogP contribution in [0.5, 0.6) is 11.5 Å². The maximum Gasteiger partial charge on any atom is 0.255 e. The van der Waals surface area contributed by atoms with Crippen molar-refractivity contribution < 1.29 is 19.1 Å². The van der Waals surface area contributed by atoms with Crippen molar-refractivity contribution in [2.24, 2.45) is 5.73 Å². The maximum absolute atomic E-state index is 12.5. The number of aromatic nitrogens is 1. The Labute approximate surface area is 176 Å². The van der Waals surface area contributed by atoms with Gasteiger partial charge in [0.15, 0.2) is 18.1 Å². The number of rotatable bonds is 8. The zero-order valence-electron chi connectivity index (χ0n) is 17.2. The van der Waals surface area contributed by atoms with Gasteiger partial charge in [-0.3, -0.25) is 9.59 Å². The van der Waals surface area contributed by atoms with E-state index >= 15 is 0 Å². The molecule has 1 aromatic carbocycles. The van der Waals surface area contributed by atoms with E-state index in [1.165, 1.54) is 32.8 Å². The van der Waals surface area contributed by atoms with Crippen LogP contribution in [0.4, 0.5) is 5.82 Å². The smallest absolute Gasteiger partial charge is 0.255 e. The minimum absolute atomic E-state index is 0.244. The summed E-state index contributed by atoms with van der Waals surface area (Å²) in [7, 11) is 1.46. The lowest BCUT2D eigenvalue weighted by Gasteiger charge is -2.21. The second-order valence-corrected chi connectivity index (χ2v) is 7.23. The van der Waals surface area contributed by atoms with Crippen molar-refractivity contribution in [3.8, 4) is 11.5 Å². The summed E-state index contributed by atoms with van der Waals surface area (Å²) in [5.74, 6) is 0.859. The van der Waals surface area contributed by atoms with Crippen LogP contribution in [0.1, 0.15) is 41.6 Å². The third-order valence-corrected chi connectivity index (χ3v) is 4.99. The molecule has 0 atom stereocenters. The molecule has 1 saturated heterocycles. The predicted molar refractivity (Wildman–Crippen MR) is 114 cm³/mol. The van der Waals surface area contributed by atoms with Crippen LogP contribution < -0.4 is 25.4 Å². The third kappa shape index (κ3) is 5.85. The Bertz CT molecular complexity index is 862. The van der Waals surface area contributed by atoms with Crippen LogP contribution in [0.3, 0.4) is 0 Å². The fourth-order valence-corrected chi connectivity index (χ4v) is 3.37. The van der Waals surface area contributed by atoms with Gasteiger partial charge in [-0.25, -0.2) is 4.98 Å². The van der Waals surface area contributed by atoms with Crippen molar-refractivity contribution in [2.45, 2.75) is 32.2 Å². The number of nitrogens with zero attached hydrogens (tertiary/aromatic N) is 2. The molecule has 0 aliphatic carbocycles. The molecule has 1 fully saturated rings. The molecule has 30 heavy (non-hydrogen) atoms. The molecule has 2 heterocycles. The van der Waals surface area contributed by atoms with Gasteiger partial charge in [-0.05, 0) is 42.7 Å². The number of anilines is 1. The highest BCUT2D eigenvalue weighted by molar-refractivity contribution is 5.94. The number of carbonyl (C=O) groups excluding carboxylic acids is 2. The Balaban J connectivity index is 1.57. The number of carbonyl (C=O) groups is 2. The van der Waals surface area contributed by atoms with E-state index in [1.54, 1.807) is 18.2 Å². The fraction of sp³-hybridized carbons (Fsp3) is 0.409. The number of nitrogens with two attached hydrogens (primary N) is 1. The van der Waals surface area contributed by atoms with E-state index in [9.17, 15) is 9.59 Å². The van der Waals surface area contributed by atoms with Crippen molar-refractivity contribution >= 4 is 17.6 Å². The van der Waals surface area contributed by atoms with E-state index in [1.807, 2.05) is 18.3 Å². The van der Waals surface area contributed by atoms with E-state index < -0.39 is 5.91 Å². The molecule has 0 spiro atoms. The van der Waals surface area contributed by atoms with Gasteiger partial charge in [0.05, 0.1) is 7.11 Å². The number of benzene rings is 1. The van der Waals surface area contributed by atoms with Crippen LogP contribution >= 0.6 is 0 Å². The Morgan fingerprint density at radius 1 is 1.10 bits per heavy atom. The van der Waals surface area contributed by atoms with Crippen molar-refractivity contribution in [1.82, 2.24) is 10.3 Å². The number of nitrogens with one attached hydrogen (secondary N) is 1. The zero-order chi connectivity index (χ0) is 21.3. The lowest BCUT2D eigenvalue weighted by Crippen LogP contribution is -2.25. The number of pyridine rings is 1. The van der Waals surface area contributed by atoms with Crippen LogP contribution in [-0.2, 0) is 11.3 Å². The van der Waals surface area contributed by atoms with Crippen molar-refractivity contribution in [3.63, 3.8) is 0 Å². The summed E-state index contributed by atoms with van der Waals surface area (Å²) in [6.45, 7) is 2.20. The monoisotopic (exact) mass is 412 g/mol. The Hall–Kier alpha value is -3.29. The zero-order valence-corrected chi connectivity index (χ0v) is 17.2. The summed E-state index contributed by atoms with van der Waals surface area (Å²) in [5.41, 5.74) is 6.44. The Morgan fingerprint density at radius 2 is 1.87 bits per heavy atom. The molecule has 8 heteroatoms. The molecule has 2 aromatic rings. The first-order valence-electron chi connectivity index (χ1n) is 10.1. The average Bonchev–Trinajstić information content (AvgIpc) is 3.06. The first-order valence-corrected chi connectivity index (χ1v) is 10.1. The molecule has 3 rings (SSSR count). The minimum Gasteiger partial charge on any atom is -0.493 e. The second-order valence-electron chi connectivity index (χ2n) is 7.23. The Morgan fingerprint density at radius 3 is 2.50 bits per heavy atom. The summed E-state index contributed by atoms with van der Waals surface area (Å²) in [6.07, 6.45) is 6.78. The average molecular weight is 412 g/mol. The molecule has 1 aliphatic rings.